The van der Waals surface area contributed by atoms with Crippen molar-refractivity contribution in [3.05, 3.63) is 53.4 Å². The molecule has 0 aromatic heterocycles. The van der Waals surface area contributed by atoms with Crippen molar-refractivity contribution < 1.29 is 9.53 Å². The summed E-state index contributed by atoms with van der Waals surface area (Å²) in [4.78, 5) is 13.4. The van der Waals surface area contributed by atoms with Crippen molar-refractivity contribution in [3.63, 3.8) is 0 Å². The number of carbonyl (C=O) groups excluding carboxylic acids is 1. The largest absolute Gasteiger partial charge is 0.439 e. The predicted molar refractivity (Wildman–Crippen MR) is 69.9 cm³/mol. The Morgan fingerprint density at radius 2 is 2.00 bits per heavy atom. The van der Waals surface area contributed by atoms with Gasteiger partial charge >= 0.3 is 6.09 Å². The van der Waals surface area contributed by atoms with Gasteiger partial charge in [0, 0.05) is 0 Å². The van der Waals surface area contributed by atoms with E-state index in [9.17, 15) is 4.79 Å². The van der Waals surface area contributed by atoms with E-state index in [1.54, 1.807) is 11.1 Å². The first kappa shape index (κ1) is 12.5. The molecule has 0 bridgehead atoms. The number of hydrogen-bond acceptors (Lipinski definition) is 2. The Kier molecular flexibility index (Phi) is 3.54. The lowest BCUT2D eigenvalue weighted by Crippen LogP contribution is -2.26. The first-order valence-corrected chi connectivity index (χ1v) is 6.03. The summed E-state index contributed by atoms with van der Waals surface area (Å²) in [5.41, 5.74) is 5.08. The van der Waals surface area contributed by atoms with Crippen LogP contribution in [0.25, 0.3) is 0 Å². The van der Waals surface area contributed by atoms with Gasteiger partial charge in [0.05, 0.1) is 12.2 Å². The molecule has 2 rings (SSSR count). The van der Waals surface area contributed by atoms with Crippen LogP contribution in [-0.4, -0.2) is 17.0 Å². The van der Waals surface area contributed by atoms with Crippen LogP contribution in [0.5, 0.6) is 0 Å². The molecule has 3 nitrogen and oxygen atoms in total. The maximum atomic E-state index is 11.8. The lowest BCUT2D eigenvalue weighted by molar-refractivity contribution is 0.132. The van der Waals surface area contributed by atoms with E-state index in [-0.39, 0.29) is 18.2 Å². The van der Waals surface area contributed by atoms with Crippen molar-refractivity contribution >= 4 is 6.09 Å². The number of nitrogens with zero attached hydrogens (tertiary/aromatic N) is 1. The maximum absolute atomic E-state index is 11.8. The number of hydrogen-bond donors (Lipinski definition) is 0. The van der Waals surface area contributed by atoms with Gasteiger partial charge in [-0.25, -0.2) is 4.79 Å². The molecule has 2 atom stereocenters. The molecule has 1 fully saturated rings. The van der Waals surface area contributed by atoms with E-state index in [1.807, 2.05) is 51.1 Å². The quantitative estimate of drug-likeness (QED) is 0.742. The van der Waals surface area contributed by atoms with Crippen LogP contribution in [0.2, 0.25) is 0 Å². The van der Waals surface area contributed by atoms with Crippen molar-refractivity contribution in [2.24, 2.45) is 0 Å². The van der Waals surface area contributed by atoms with E-state index in [2.05, 4.69) is 5.73 Å². The van der Waals surface area contributed by atoms with Crippen molar-refractivity contribution in [1.82, 2.24) is 4.90 Å². The van der Waals surface area contributed by atoms with Crippen LogP contribution in [0.15, 0.2) is 47.8 Å². The summed E-state index contributed by atoms with van der Waals surface area (Å²) < 4.78 is 5.41. The number of allylic oxidation sites excluding steroid dienone is 1. The molecule has 1 amide bonds. The summed E-state index contributed by atoms with van der Waals surface area (Å²) in [5, 5.41) is 0. The SMILES string of the molecule is CC(C)=C=CN1C(=O)O[C@@H](c2ccccc2)[C@H]1C. The van der Waals surface area contributed by atoms with Gasteiger partial charge in [-0.15, -0.1) is 5.73 Å². The third-order valence-electron chi connectivity index (χ3n) is 2.94. The van der Waals surface area contributed by atoms with Crippen LogP contribution in [0.1, 0.15) is 32.4 Å². The Morgan fingerprint density at radius 1 is 1.33 bits per heavy atom. The minimum absolute atomic E-state index is 0.0215. The molecule has 1 aliphatic rings. The Labute approximate surface area is 107 Å². The summed E-state index contributed by atoms with van der Waals surface area (Å²) in [6.45, 7) is 5.86. The van der Waals surface area contributed by atoms with E-state index < -0.39 is 0 Å². The summed E-state index contributed by atoms with van der Waals surface area (Å²) in [7, 11) is 0. The molecule has 0 aliphatic carbocycles. The van der Waals surface area contributed by atoms with Gasteiger partial charge in [-0.3, -0.25) is 4.90 Å². The monoisotopic (exact) mass is 243 g/mol. The average molecular weight is 243 g/mol. The van der Waals surface area contributed by atoms with Crippen LogP contribution >= 0.6 is 0 Å². The lowest BCUT2D eigenvalue weighted by Gasteiger charge is -2.16. The molecule has 0 unspecified atom stereocenters. The highest BCUT2D eigenvalue weighted by molar-refractivity contribution is 5.72. The number of rotatable bonds is 2. The highest BCUT2D eigenvalue weighted by Gasteiger charge is 2.38. The molecule has 0 saturated carbocycles. The minimum Gasteiger partial charge on any atom is -0.439 e. The molecule has 0 radical (unpaired) electrons. The Morgan fingerprint density at radius 3 is 2.61 bits per heavy atom. The van der Waals surface area contributed by atoms with Gasteiger partial charge in [-0.1, -0.05) is 30.3 Å². The van der Waals surface area contributed by atoms with Crippen LogP contribution in [0.3, 0.4) is 0 Å². The van der Waals surface area contributed by atoms with Crippen molar-refractivity contribution in [3.8, 4) is 0 Å². The molecule has 0 N–H and O–H groups in total. The number of benzene rings is 1. The average Bonchev–Trinajstić information content (AvgIpc) is 2.63. The molecule has 1 heterocycles. The lowest BCUT2D eigenvalue weighted by atomic mass is 10.0. The number of cyclic esters (lactones) is 1. The predicted octanol–water partition coefficient (Wildman–Crippen LogP) is 3.65. The zero-order valence-corrected chi connectivity index (χ0v) is 10.9. The summed E-state index contributed by atoms with van der Waals surface area (Å²) >= 11 is 0. The molecule has 1 aromatic carbocycles. The van der Waals surface area contributed by atoms with Crippen molar-refractivity contribution in [2.45, 2.75) is 32.9 Å². The minimum atomic E-state index is -0.315. The molecule has 18 heavy (non-hydrogen) atoms. The first-order valence-electron chi connectivity index (χ1n) is 6.03. The molecule has 0 spiro atoms. The first-order chi connectivity index (χ1) is 8.59. The summed E-state index contributed by atoms with van der Waals surface area (Å²) in [6, 6.07) is 9.78. The summed E-state index contributed by atoms with van der Waals surface area (Å²) in [6.07, 6.45) is 1.14. The van der Waals surface area contributed by atoms with Gasteiger partial charge in [-0.2, -0.15) is 0 Å². The second-order valence-electron chi connectivity index (χ2n) is 4.64. The molecule has 3 heteroatoms. The third kappa shape index (κ3) is 2.47. The van der Waals surface area contributed by atoms with Crippen LogP contribution in [0, 0.1) is 0 Å². The van der Waals surface area contributed by atoms with E-state index in [0.29, 0.717) is 0 Å². The zero-order valence-electron chi connectivity index (χ0n) is 10.9. The second-order valence-corrected chi connectivity index (χ2v) is 4.64. The van der Waals surface area contributed by atoms with Crippen LogP contribution < -0.4 is 0 Å². The fourth-order valence-electron chi connectivity index (χ4n) is 1.94. The number of carbonyl (C=O) groups is 1. The fraction of sp³-hybridized carbons (Fsp3) is 0.333. The zero-order chi connectivity index (χ0) is 13.1. The van der Waals surface area contributed by atoms with Crippen molar-refractivity contribution in [2.75, 3.05) is 0 Å². The molecule has 1 aliphatic heterocycles. The maximum Gasteiger partial charge on any atom is 0.415 e. The van der Waals surface area contributed by atoms with Gasteiger partial charge in [0.15, 0.2) is 0 Å². The molecule has 1 aromatic rings. The Hall–Kier alpha value is -1.99. The van der Waals surface area contributed by atoms with E-state index in [1.165, 1.54) is 0 Å². The number of amides is 1. The highest BCUT2D eigenvalue weighted by atomic mass is 16.6. The molecular weight excluding hydrogens is 226 g/mol. The third-order valence-corrected chi connectivity index (χ3v) is 2.94. The Bertz CT molecular complexity index is 496. The van der Waals surface area contributed by atoms with E-state index >= 15 is 0 Å². The second kappa shape index (κ2) is 5.11. The molecule has 94 valence electrons. The topological polar surface area (TPSA) is 29.5 Å². The van der Waals surface area contributed by atoms with E-state index in [0.717, 1.165) is 11.1 Å². The van der Waals surface area contributed by atoms with Gasteiger partial charge in [0.25, 0.3) is 0 Å². The van der Waals surface area contributed by atoms with Crippen LogP contribution in [-0.2, 0) is 4.74 Å². The molecule has 1 saturated heterocycles. The highest BCUT2D eigenvalue weighted by Crippen LogP contribution is 2.32. The normalized spacial score (nSPS) is 22.4. The fourth-order valence-corrected chi connectivity index (χ4v) is 1.94. The molecular formula is C15H17NO2. The summed E-state index contributed by atoms with van der Waals surface area (Å²) in [5.74, 6) is 0. The van der Waals surface area contributed by atoms with Gasteiger partial charge < -0.3 is 4.74 Å². The Balaban J connectivity index is 2.25. The van der Waals surface area contributed by atoms with Gasteiger partial charge in [0.2, 0.25) is 0 Å². The smallest absolute Gasteiger partial charge is 0.415 e. The number of ether oxygens (including phenoxy) is 1. The van der Waals surface area contributed by atoms with Crippen LogP contribution in [0.4, 0.5) is 4.79 Å². The van der Waals surface area contributed by atoms with E-state index in [4.69, 9.17) is 4.74 Å². The van der Waals surface area contributed by atoms with Gasteiger partial charge in [-0.05, 0) is 31.9 Å². The standard InChI is InChI=1S/C15H17NO2/c1-11(2)9-10-16-12(3)14(18-15(16)17)13-7-5-4-6-8-13/h4-8,10,12,14H,1-3H3/t12-,14-/m1/s1. The van der Waals surface area contributed by atoms with Gasteiger partial charge in [0.1, 0.15) is 6.10 Å². The van der Waals surface area contributed by atoms with Crippen molar-refractivity contribution in [1.29, 1.82) is 0 Å².